The highest BCUT2D eigenvalue weighted by Gasteiger charge is 2.10. The van der Waals surface area contributed by atoms with Gasteiger partial charge in [-0.05, 0) is 55.3 Å². The van der Waals surface area contributed by atoms with Crippen LogP contribution < -0.4 is 10.6 Å². The number of carbonyl (C=O) groups is 1. The molecule has 126 valence electrons. The number of aryl methyl sites for hydroxylation is 2. The molecular formula is C19H17FN4O. The number of rotatable bonds is 4. The maximum Gasteiger partial charge on any atom is 0.274 e. The van der Waals surface area contributed by atoms with E-state index in [1.165, 1.54) is 30.6 Å². The number of nitrogens with zero attached hydrogens (tertiary/aromatic N) is 2. The van der Waals surface area contributed by atoms with Crippen LogP contribution in [0.3, 0.4) is 0 Å². The number of halogens is 1. The van der Waals surface area contributed by atoms with Gasteiger partial charge in [-0.3, -0.25) is 4.79 Å². The van der Waals surface area contributed by atoms with Crippen molar-refractivity contribution in [1.82, 2.24) is 9.97 Å². The Morgan fingerprint density at radius 1 is 1.00 bits per heavy atom. The molecule has 1 amide bonds. The number of hydrogen-bond acceptors (Lipinski definition) is 4. The molecule has 0 saturated heterocycles. The fraction of sp³-hybridized carbons (Fsp3) is 0.105. The maximum absolute atomic E-state index is 12.9. The highest BCUT2D eigenvalue weighted by atomic mass is 19.1. The molecule has 25 heavy (non-hydrogen) atoms. The first-order chi connectivity index (χ1) is 12.0. The minimum atomic E-state index is -0.391. The minimum absolute atomic E-state index is 0.215. The lowest BCUT2D eigenvalue weighted by atomic mass is 10.1. The molecule has 0 fully saturated rings. The van der Waals surface area contributed by atoms with Gasteiger partial charge >= 0.3 is 0 Å². The molecule has 0 bridgehead atoms. The second kappa shape index (κ2) is 7.09. The van der Waals surface area contributed by atoms with Gasteiger partial charge in [0.2, 0.25) is 0 Å². The Balaban J connectivity index is 1.77. The molecule has 0 radical (unpaired) electrons. The van der Waals surface area contributed by atoms with E-state index in [1.807, 2.05) is 32.0 Å². The topological polar surface area (TPSA) is 66.9 Å². The summed E-state index contributed by atoms with van der Waals surface area (Å²) in [5.74, 6) is -0.231. The molecule has 5 nitrogen and oxygen atoms in total. The zero-order valence-corrected chi connectivity index (χ0v) is 13.9. The van der Waals surface area contributed by atoms with Crippen molar-refractivity contribution in [1.29, 1.82) is 0 Å². The summed E-state index contributed by atoms with van der Waals surface area (Å²) in [6.07, 6.45) is 1.33. The first-order valence-electron chi connectivity index (χ1n) is 7.74. The van der Waals surface area contributed by atoms with Crippen molar-refractivity contribution >= 4 is 23.1 Å². The molecule has 3 aromatic rings. The Bertz CT molecular complexity index is 910. The van der Waals surface area contributed by atoms with E-state index in [-0.39, 0.29) is 11.5 Å². The Labute approximate surface area is 145 Å². The number of hydrogen-bond donors (Lipinski definition) is 2. The van der Waals surface area contributed by atoms with Gasteiger partial charge in [-0.2, -0.15) is 0 Å². The fourth-order valence-corrected chi connectivity index (χ4v) is 2.29. The van der Waals surface area contributed by atoms with E-state index in [9.17, 15) is 9.18 Å². The number of carbonyl (C=O) groups excluding carboxylic acids is 1. The first-order valence-corrected chi connectivity index (χ1v) is 7.74. The third-order valence-corrected chi connectivity index (χ3v) is 3.66. The molecule has 6 heteroatoms. The van der Waals surface area contributed by atoms with Crippen molar-refractivity contribution in [3.05, 3.63) is 77.5 Å². The van der Waals surface area contributed by atoms with Gasteiger partial charge in [0.05, 0.1) is 0 Å². The Kier molecular flexibility index (Phi) is 4.70. The summed E-state index contributed by atoms with van der Waals surface area (Å²) in [5, 5.41) is 5.87. The molecule has 0 atom stereocenters. The summed E-state index contributed by atoms with van der Waals surface area (Å²) in [7, 11) is 0. The highest BCUT2D eigenvalue weighted by Crippen LogP contribution is 2.21. The monoisotopic (exact) mass is 336 g/mol. The van der Waals surface area contributed by atoms with E-state index in [1.54, 1.807) is 6.07 Å². The summed E-state index contributed by atoms with van der Waals surface area (Å²) in [6, 6.07) is 13.2. The van der Waals surface area contributed by atoms with Crippen molar-refractivity contribution in [2.75, 3.05) is 10.6 Å². The molecule has 2 N–H and O–H groups in total. The largest absolute Gasteiger partial charge is 0.340 e. The van der Waals surface area contributed by atoms with Gasteiger partial charge in [0.25, 0.3) is 5.91 Å². The van der Waals surface area contributed by atoms with E-state index in [0.717, 1.165) is 16.8 Å². The zero-order valence-electron chi connectivity index (χ0n) is 13.9. The second-order valence-corrected chi connectivity index (χ2v) is 5.69. The van der Waals surface area contributed by atoms with E-state index in [0.29, 0.717) is 11.5 Å². The normalized spacial score (nSPS) is 10.4. The summed E-state index contributed by atoms with van der Waals surface area (Å²) < 4.78 is 12.9. The van der Waals surface area contributed by atoms with E-state index < -0.39 is 5.91 Å². The lowest BCUT2D eigenvalue weighted by molar-refractivity contribution is 0.102. The SMILES string of the molecule is Cc1ccc(C)c(Nc2cc(C(=O)Nc3ccc(F)cc3)ncn2)c1. The van der Waals surface area contributed by atoms with Gasteiger partial charge in [0.1, 0.15) is 23.7 Å². The van der Waals surface area contributed by atoms with Gasteiger partial charge in [-0.15, -0.1) is 0 Å². The van der Waals surface area contributed by atoms with Crippen molar-refractivity contribution in [2.24, 2.45) is 0 Å². The van der Waals surface area contributed by atoms with E-state index >= 15 is 0 Å². The van der Waals surface area contributed by atoms with Gasteiger partial charge in [-0.1, -0.05) is 12.1 Å². The molecule has 0 aliphatic carbocycles. The van der Waals surface area contributed by atoms with Gasteiger partial charge in [0, 0.05) is 17.4 Å². The standard InChI is InChI=1S/C19H17FN4O/c1-12-3-4-13(2)16(9-12)24-18-10-17(21-11-22-18)19(25)23-15-7-5-14(20)6-8-15/h3-11H,1-2H3,(H,23,25)(H,21,22,24). The Hall–Kier alpha value is -3.28. The quantitative estimate of drug-likeness (QED) is 0.748. The lowest BCUT2D eigenvalue weighted by Gasteiger charge is -2.10. The van der Waals surface area contributed by atoms with Gasteiger partial charge in [-0.25, -0.2) is 14.4 Å². The third kappa shape index (κ3) is 4.17. The van der Waals surface area contributed by atoms with Crippen molar-refractivity contribution in [3.8, 4) is 0 Å². The molecule has 0 aliphatic rings. The van der Waals surface area contributed by atoms with Crippen LogP contribution in [0.1, 0.15) is 21.6 Å². The molecule has 3 rings (SSSR count). The summed E-state index contributed by atoms with van der Waals surface area (Å²) in [6.45, 7) is 4.00. The average molecular weight is 336 g/mol. The van der Waals surface area contributed by atoms with Crippen LogP contribution in [0.5, 0.6) is 0 Å². The number of aromatic nitrogens is 2. The third-order valence-electron chi connectivity index (χ3n) is 3.66. The second-order valence-electron chi connectivity index (χ2n) is 5.69. The molecule has 0 spiro atoms. The minimum Gasteiger partial charge on any atom is -0.340 e. The van der Waals surface area contributed by atoms with Crippen LogP contribution >= 0.6 is 0 Å². The van der Waals surface area contributed by atoms with Crippen LogP contribution in [0.15, 0.2) is 54.9 Å². The fourth-order valence-electron chi connectivity index (χ4n) is 2.29. The molecule has 1 aromatic heterocycles. The maximum atomic E-state index is 12.9. The number of nitrogens with one attached hydrogen (secondary N) is 2. The van der Waals surface area contributed by atoms with Gasteiger partial charge < -0.3 is 10.6 Å². The molecule has 0 saturated carbocycles. The molecule has 1 heterocycles. The zero-order chi connectivity index (χ0) is 17.8. The van der Waals surface area contributed by atoms with Crippen LogP contribution in [0, 0.1) is 19.7 Å². The molecular weight excluding hydrogens is 319 g/mol. The first kappa shape index (κ1) is 16.6. The van der Waals surface area contributed by atoms with Crippen LogP contribution in [-0.2, 0) is 0 Å². The highest BCUT2D eigenvalue weighted by molar-refractivity contribution is 6.03. The van der Waals surface area contributed by atoms with E-state index in [4.69, 9.17) is 0 Å². The van der Waals surface area contributed by atoms with Gasteiger partial charge in [0.15, 0.2) is 0 Å². The summed E-state index contributed by atoms with van der Waals surface area (Å²) >= 11 is 0. The molecule has 0 aliphatic heterocycles. The number of amides is 1. The lowest BCUT2D eigenvalue weighted by Crippen LogP contribution is -2.14. The van der Waals surface area contributed by atoms with E-state index in [2.05, 4.69) is 20.6 Å². The predicted octanol–water partition coefficient (Wildman–Crippen LogP) is 4.23. The van der Waals surface area contributed by atoms with Crippen LogP contribution in [0.2, 0.25) is 0 Å². The van der Waals surface area contributed by atoms with Crippen LogP contribution in [-0.4, -0.2) is 15.9 Å². The van der Waals surface area contributed by atoms with Crippen molar-refractivity contribution in [2.45, 2.75) is 13.8 Å². The van der Waals surface area contributed by atoms with Crippen molar-refractivity contribution < 1.29 is 9.18 Å². The Morgan fingerprint density at radius 2 is 1.76 bits per heavy atom. The van der Waals surface area contributed by atoms with Crippen LogP contribution in [0.4, 0.5) is 21.6 Å². The smallest absolute Gasteiger partial charge is 0.274 e. The molecule has 0 unspecified atom stereocenters. The van der Waals surface area contributed by atoms with Crippen LogP contribution in [0.25, 0.3) is 0 Å². The predicted molar refractivity (Wildman–Crippen MR) is 95.6 cm³/mol. The summed E-state index contributed by atoms with van der Waals surface area (Å²) in [5.41, 5.74) is 3.82. The summed E-state index contributed by atoms with van der Waals surface area (Å²) in [4.78, 5) is 20.5. The number of benzene rings is 2. The Morgan fingerprint density at radius 3 is 2.52 bits per heavy atom. The van der Waals surface area contributed by atoms with Crippen molar-refractivity contribution in [3.63, 3.8) is 0 Å². The number of anilines is 3. The molecule has 2 aromatic carbocycles. The average Bonchev–Trinajstić information content (AvgIpc) is 2.60.